The molecule has 6 heteroatoms. The van der Waals surface area contributed by atoms with Crippen molar-refractivity contribution < 1.29 is 18.9 Å². The quantitative estimate of drug-likeness (QED) is 0.630. The highest BCUT2D eigenvalue weighted by molar-refractivity contribution is 4.83. The Morgan fingerprint density at radius 2 is 1.69 bits per heavy atom. The molecule has 94 valence electrons. The predicted molar refractivity (Wildman–Crippen MR) is 56.3 cm³/mol. The van der Waals surface area contributed by atoms with Gasteiger partial charge in [-0.1, -0.05) is 0 Å². The summed E-state index contributed by atoms with van der Waals surface area (Å²) in [6.45, 7) is 2.86. The zero-order valence-electron chi connectivity index (χ0n) is 9.39. The van der Waals surface area contributed by atoms with Gasteiger partial charge in [0.15, 0.2) is 6.29 Å². The Balaban J connectivity index is 1.73. The number of ether oxygens (including phenoxy) is 4. The van der Waals surface area contributed by atoms with Gasteiger partial charge >= 0.3 is 0 Å². The topological polar surface area (TPSA) is 89.0 Å². The second-order valence-electron chi connectivity index (χ2n) is 4.61. The molecule has 0 aromatic rings. The third-order valence-corrected chi connectivity index (χ3v) is 2.87. The molecule has 0 radical (unpaired) electrons. The third kappa shape index (κ3) is 3.13. The molecular formula is C10H20N2O4. The second kappa shape index (κ2) is 5.39. The highest BCUT2D eigenvalue weighted by Gasteiger charge is 2.39. The summed E-state index contributed by atoms with van der Waals surface area (Å²) < 4.78 is 21.8. The number of hydrogen-bond donors (Lipinski definition) is 2. The van der Waals surface area contributed by atoms with E-state index in [1.165, 1.54) is 0 Å². The molecule has 0 amide bonds. The Labute approximate surface area is 95.1 Å². The molecule has 16 heavy (non-hydrogen) atoms. The lowest BCUT2D eigenvalue weighted by Crippen LogP contribution is -2.50. The maximum absolute atomic E-state index is 5.63. The Kier molecular flexibility index (Phi) is 4.12. The van der Waals surface area contributed by atoms with Gasteiger partial charge in [-0.15, -0.1) is 0 Å². The zero-order chi connectivity index (χ0) is 11.4. The molecular weight excluding hydrogens is 212 g/mol. The van der Waals surface area contributed by atoms with Gasteiger partial charge in [-0.2, -0.15) is 0 Å². The zero-order valence-corrected chi connectivity index (χ0v) is 9.39. The molecule has 2 saturated heterocycles. The van der Waals surface area contributed by atoms with Gasteiger partial charge in [-0.05, 0) is 6.42 Å². The minimum absolute atomic E-state index is 0.125. The first-order chi connectivity index (χ1) is 7.70. The molecule has 0 unspecified atom stereocenters. The van der Waals surface area contributed by atoms with E-state index < -0.39 is 0 Å². The molecule has 0 aliphatic carbocycles. The van der Waals surface area contributed by atoms with Crippen molar-refractivity contribution in [3.8, 4) is 0 Å². The van der Waals surface area contributed by atoms with Gasteiger partial charge in [0, 0.05) is 6.42 Å². The van der Waals surface area contributed by atoms with E-state index in [0.717, 1.165) is 6.42 Å². The van der Waals surface area contributed by atoms with Crippen LogP contribution in [0.5, 0.6) is 0 Å². The Morgan fingerprint density at radius 1 is 1.06 bits per heavy atom. The summed E-state index contributed by atoms with van der Waals surface area (Å²) in [5, 5.41) is 0. The fourth-order valence-corrected chi connectivity index (χ4v) is 1.91. The van der Waals surface area contributed by atoms with E-state index in [9.17, 15) is 0 Å². The van der Waals surface area contributed by atoms with Crippen molar-refractivity contribution in [1.29, 1.82) is 0 Å². The van der Waals surface area contributed by atoms with E-state index in [4.69, 9.17) is 30.4 Å². The van der Waals surface area contributed by atoms with Gasteiger partial charge < -0.3 is 30.4 Å². The lowest BCUT2D eigenvalue weighted by molar-refractivity contribution is -0.280. The van der Waals surface area contributed by atoms with Gasteiger partial charge in [0.2, 0.25) is 0 Å². The van der Waals surface area contributed by atoms with Crippen molar-refractivity contribution >= 4 is 0 Å². The smallest absolute Gasteiger partial charge is 0.157 e. The monoisotopic (exact) mass is 232 g/mol. The number of hydrogen-bond acceptors (Lipinski definition) is 6. The van der Waals surface area contributed by atoms with E-state index in [1.807, 2.05) is 0 Å². The summed E-state index contributed by atoms with van der Waals surface area (Å²) >= 11 is 0. The number of nitrogens with two attached hydrogens (primary N) is 2. The molecule has 0 atom stereocenters. The van der Waals surface area contributed by atoms with E-state index in [2.05, 4.69) is 0 Å². The van der Waals surface area contributed by atoms with Crippen LogP contribution in [0.2, 0.25) is 0 Å². The first kappa shape index (κ1) is 12.2. The number of rotatable bonds is 3. The molecule has 4 N–H and O–H groups in total. The SMILES string of the molecule is NC(N)CCC1OCC2(COCOC2)CO1. The molecule has 2 heterocycles. The molecule has 2 rings (SSSR count). The fraction of sp³-hybridized carbons (Fsp3) is 1.00. The standard InChI is InChI=1S/C10H20N2O4/c11-8(12)1-2-9-15-5-10(6-16-9)3-13-7-14-4-10/h8-9H,1-7,11-12H2. The summed E-state index contributed by atoms with van der Waals surface area (Å²) in [5.74, 6) is 0. The summed E-state index contributed by atoms with van der Waals surface area (Å²) in [4.78, 5) is 0. The first-order valence-electron chi connectivity index (χ1n) is 5.60. The summed E-state index contributed by atoms with van der Waals surface area (Å²) in [5.41, 5.74) is 10.8. The molecule has 2 aliphatic heterocycles. The van der Waals surface area contributed by atoms with Gasteiger partial charge in [0.05, 0.1) is 38.0 Å². The Bertz CT molecular complexity index is 209. The molecule has 1 spiro atoms. The first-order valence-corrected chi connectivity index (χ1v) is 5.60. The lowest BCUT2D eigenvalue weighted by Gasteiger charge is -2.41. The largest absolute Gasteiger partial charge is 0.355 e. The lowest BCUT2D eigenvalue weighted by atomic mass is 9.91. The molecule has 2 fully saturated rings. The molecule has 0 saturated carbocycles. The average Bonchev–Trinajstić information content (AvgIpc) is 2.29. The molecule has 6 nitrogen and oxygen atoms in total. The summed E-state index contributed by atoms with van der Waals surface area (Å²) in [6.07, 6.45) is 0.937. The van der Waals surface area contributed by atoms with Gasteiger partial charge in [0.1, 0.15) is 6.79 Å². The van der Waals surface area contributed by atoms with Crippen LogP contribution in [0.1, 0.15) is 12.8 Å². The highest BCUT2D eigenvalue weighted by Crippen LogP contribution is 2.29. The highest BCUT2D eigenvalue weighted by atomic mass is 16.7. The van der Waals surface area contributed by atoms with Crippen LogP contribution >= 0.6 is 0 Å². The van der Waals surface area contributed by atoms with Crippen LogP contribution in [0.25, 0.3) is 0 Å². The Hall–Kier alpha value is -0.240. The average molecular weight is 232 g/mol. The van der Waals surface area contributed by atoms with Crippen LogP contribution in [0, 0.1) is 5.41 Å². The van der Waals surface area contributed by atoms with E-state index in [1.54, 1.807) is 0 Å². The van der Waals surface area contributed by atoms with Crippen molar-refractivity contribution in [3.63, 3.8) is 0 Å². The van der Waals surface area contributed by atoms with Crippen molar-refractivity contribution in [2.45, 2.75) is 25.3 Å². The van der Waals surface area contributed by atoms with E-state index >= 15 is 0 Å². The minimum atomic E-state index is -0.301. The maximum Gasteiger partial charge on any atom is 0.157 e. The fourth-order valence-electron chi connectivity index (χ4n) is 1.91. The predicted octanol–water partition coefficient (Wildman–Crippen LogP) is -0.626. The van der Waals surface area contributed by atoms with Crippen LogP contribution in [0.15, 0.2) is 0 Å². The summed E-state index contributed by atoms with van der Waals surface area (Å²) in [6, 6.07) is 0. The van der Waals surface area contributed by atoms with E-state index in [-0.39, 0.29) is 17.9 Å². The van der Waals surface area contributed by atoms with Crippen LogP contribution in [0.4, 0.5) is 0 Å². The van der Waals surface area contributed by atoms with Gasteiger partial charge in [-0.3, -0.25) is 0 Å². The van der Waals surface area contributed by atoms with Crippen molar-refractivity contribution in [2.24, 2.45) is 16.9 Å². The van der Waals surface area contributed by atoms with Crippen LogP contribution in [-0.4, -0.2) is 45.7 Å². The van der Waals surface area contributed by atoms with E-state index in [0.29, 0.717) is 39.6 Å². The van der Waals surface area contributed by atoms with Crippen molar-refractivity contribution in [1.82, 2.24) is 0 Å². The summed E-state index contributed by atoms with van der Waals surface area (Å²) in [7, 11) is 0. The molecule has 0 bridgehead atoms. The molecule has 2 aliphatic rings. The van der Waals surface area contributed by atoms with Gasteiger partial charge in [-0.25, -0.2) is 0 Å². The second-order valence-corrected chi connectivity index (χ2v) is 4.61. The maximum atomic E-state index is 5.63. The Morgan fingerprint density at radius 3 is 2.25 bits per heavy atom. The van der Waals surface area contributed by atoms with Crippen molar-refractivity contribution in [2.75, 3.05) is 33.2 Å². The minimum Gasteiger partial charge on any atom is -0.355 e. The normalized spacial score (nSPS) is 26.4. The van der Waals surface area contributed by atoms with Crippen molar-refractivity contribution in [3.05, 3.63) is 0 Å². The van der Waals surface area contributed by atoms with Gasteiger partial charge in [0.25, 0.3) is 0 Å². The molecule has 0 aromatic carbocycles. The van der Waals surface area contributed by atoms with Crippen LogP contribution in [-0.2, 0) is 18.9 Å². The third-order valence-electron chi connectivity index (χ3n) is 2.87. The van der Waals surface area contributed by atoms with Crippen LogP contribution in [0.3, 0.4) is 0 Å². The molecule has 0 aromatic heterocycles. The van der Waals surface area contributed by atoms with Crippen LogP contribution < -0.4 is 11.5 Å².